The molecule has 0 aromatic heterocycles. The van der Waals surface area contributed by atoms with Crippen LogP contribution < -0.4 is 16.0 Å². The van der Waals surface area contributed by atoms with Crippen LogP contribution in [0.4, 0.5) is 9.59 Å². The topological polar surface area (TPSA) is 132 Å². The highest BCUT2D eigenvalue weighted by atomic mass is 16.6. The highest BCUT2D eigenvalue weighted by molar-refractivity contribution is 5.88. The minimum atomic E-state index is -0.923. The van der Waals surface area contributed by atoms with Crippen molar-refractivity contribution in [3.05, 3.63) is 35.9 Å². The highest BCUT2D eigenvalue weighted by Crippen LogP contribution is 2.09. The quantitative estimate of drug-likeness (QED) is 0.244. The molecule has 10 nitrogen and oxygen atoms in total. The van der Waals surface area contributed by atoms with Crippen LogP contribution in [-0.4, -0.2) is 54.4 Å². The second-order valence-corrected chi connectivity index (χ2v) is 9.99. The number of nitrogens with one attached hydrogen (secondary N) is 3. The van der Waals surface area contributed by atoms with Gasteiger partial charge in [0.25, 0.3) is 0 Å². The summed E-state index contributed by atoms with van der Waals surface area (Å²) in [6.07, 6.45) is 0.0873. The molecule has 0 aliphatic heterocycles. The van der Waals surface area contributed by atoms with E-state index >= 15 is 0 Å². The van der Waals surface area contributed by atoms with E-state index in [1.165, 1.54) is 0 Å². The van der Waals surface area contributed by atoms with Gasteiger partial charge in [0.2, 0.25) is 5.91 Å². The number of esters is 1. The second kappa shape index (κ2) is 14.2. The Morgan fingerprint density at radius 1 is 0.829 bits per heavy atom. The van der Waals surface area contributed by atoms with Crippen molar-refractivity contribution in [2.75, 3.05) is 13.1 Å². The van der Waals surface area contributed by atoms with Crippen molar-refractivity contribution >= 4 is 24.1 Å². The van der Waals surface area contributed by atoms with Crippen molar-refractivity contribution in [3.8, 4) is 0 Å². The Bertz CT molecular complexity index is 830. The van der Waals surface area contributed by atoms with E-state index in [9.17, 15) is 19.2 Å². The smallest absolute Gasteiger partial charge is 0.408 e. The molecule has 0 bridgehead atoms. The molecule has 1 aromatic carbocycles. The predicted octanol–water partition coefficient (Wildman–Crippen LogP) is 3.43. The third-order valence-electron chi connectivity index (χ3n) is 4.24. The third kappa shape index (κ3) is 15.3. The molecule has 35 heavy (non-hydrogen) atoms. The number of hydrogen-bond acceptors (Lipinski definition) is 7. The fourth-order valence-electron chi connectivity index (χ4n) is 2.77. The van der Waals surface area contributed by atoms with E-state index in [0.29, 0.717) is 19.4 Å². The zero-order valence-electron chi connectivity index (χ0n) is 21.6. The molecule has 10 heteroatoms. The maximum atomic E-state index is 12.7. The van der Waals surface area contributed by atoms with Gasteiger partial charge in [0.05, 0.1) is 0 Å². The molecule has 0 radical (unpaired) electrons. The predicted molar refractivity (Wildman–Crippen MR) is 130 cm³/mol. The van der Waals surface area contributed by atoms with E-state index in [4.69, 9.17) is 14.2 Å². The standard InChI is InChI=1S/C25H39N3O7/c1-24(2,3)34-22(31)26-15-11-10-14-19(28-23(32)35-25(4,5)6)21(30)27-16-20(29)33-17-18-12-8-7-9-13-18/h7-9,12-13,19H,10-11,14-17H2,1-6H3,(H,26,31)(H,27,30)(H,28,32)/t19-/m0/s1. The van der Waals surface area contributed by atoms with Crippen LogP contribution in [0.1, 0.15) is 66.4 Å². The van der Waals surface area contributed by atoms with E-state index < -0.39 is 41.3 Å². The Labute approximate surface area is 207 Å². The van der Waals surface area contributed by atoms with Gasteiger partial charge in [0, 0.05) is 6.54 Å². The molecular weight excluding hydrogens is 454 g/mol. The van der Waals surface area contributed by atoms with Crippen molar-refractivity contribution in [2.24, 2.45) is 0 Å². The molecule has 0 heterocycles. The molecule has 0 aliphatic carbocycles. The molecule has 1 rings (SSSR count). The van der Waals surface area contributed by atoms with Gasteiger partial charge in [0.1, 0.15) is 30.4 Å². The van der Waals surface area contributed by atoms with Gasteiger partial charge in [-0.2, -0.15) is 0 Å². The van der Waals surface area contributed by atoms with Gasteiger partial charge in [-0.15, -0.1) is 0 Å². The lowest BCUT2D eigenvalue weighted by Gasteiger charge is -2.23. The van der Waals surface area contributed by atoms with Gasteiger partial charge in [-0.25, -0.2) is 9.59 Å². The van der Waals surface area contributed by atoms with Crippen LogP contribution in [-0.2, 0) is 30.4 Å². The minimum Gasteiger partial charge on any atom is -0.460 e. The summed E-state index contributed by atoms with van der Waals surface area (Å²) in [4.78, 5) is 48.6. The number of benzene rings is 1. The molecule has 196 valence electrons. The van der Waals surface area contributed by atoms with Crippen LogP contribution in [0.3, 0.4) is 0 Å². The number of carbonyl (C=O) groups excluding carboxylic acids is 4. The lowest BCUT2D eigenvalue weighted by atomic mass is 10.1. The molecule has 0 aliphatic rings. The summed E-state index contributed by atoms with van der Waals surface area (Å²) in [7, 11) is 0. The van der Waals surface area contributed by atoms with E-state index in [2.05, 4.69) is 16.0 Å². The summed E-state index contributed by atoms with van der Waals surface area (Å²) in [6.45, 7) is 10.6. The number of rotatable bonds is 11. The molecule has 3 N–H and O–H groups in total. The van der Waals surface area contributed by atoms with Crippen molar-refractivity contribution < 1.29 is 33.4 Å². The van der Waals surface area contributed by atoms with Crippen molar-refractivity contribution in [1.29, 1.82) is 0 Å². The maximum Gasteiger partial charge on any atom is 0.408 e. The van der Waals surface area contributed by atoms with Gasteiger partial charge in [0.15, 0.2) is 0 Å². The molecule has 0 spiro atoms. The second-order valence-electron chi connectivity index (χ2n) is 9.99. The summed E-state index contributed by atoms with van der Waals surface area (Å²) in [5.74, 6) is -1.13. The Kier molecular flexibility index (Phi) is 12.0. The molecule has 0 saturated carbocycles. The highest BCUT2D eigenvalue weighted by Gasteiger charge is 2.24. The summed E-state index contributed by atoms with van der Waals surface area (Å²) >= 11 is 0. The van der Waals surface area contributed by atoms with Crippen LogP contribution in [0.25, 0.3) is 0 Å². The number of hydrogen-bond donors (Lipinski definition) is 3. The largest absolute Gasteiger partial charge is 0.460 e. The Morgan fingerprint density at radius 2 is 1.43 bits per heavy atom. The van der Waals surface area contributed by atoms with Crippen molar-refractivity contribution in [3.63, 3.8) is 0 Å². The molecule has 0 saturated heterocycles. The van der Waals surface area contributed by atoms with Crippen LogP contribution >= 0.6 is 0 Å². The number of unbranched alkanes of at least 4 members (excludes halogenated alkanes) is 1. The Hall–Kier alpha value is -3.30. The van der Waals surface area contributed by atoms with E-state index in [1.807, 2.05) is 30.3 Å². The Morgan fingerprint density at radius 3 is 2.03 bits per heavy atom. The molecular formula is C25H39N3O7. The summed E-state index contributed by atoms with van der Waals surface area (Å²) in [5.41, 5.74) is -0.493. The number of carbonyl (C=O) groups is 4. The van der Waals surface area contributed by atoms with E-state index in [0.717, 1.165) is 5.56 Å². The fraction of sp³-hybridized carbons (Fsp3) is 0.600. The van der Waals surface area contributed by atoms with Crippen LogP contribution in [0.2, 0.25) is 0 Å². The zero-order chi connectivity index (χ0) is 26.5. The first-order chi connectivity index (χ1) is 16.2. The normalized spacial score (nSPS) is 12.2. The fourth-order valence-corrected chi connectivity index (χ4v) is 2.77. The first-order valence-electron chi connectivity index (χ1n) is 11.7. The monoisotopic (exact) mass is 493 g/mol. The number of ether oxygens (including phenoxy) is 3. The summed E-state index contributed by atoms with van der Waals surface area (Å²) in [5, 5.41) is 7.69. The van der Waals surface area contributed by atoms with Gasteiger partial charge in [-0.3, -0.25) is 9.59 Å². The number of amides is 3. The van der Waals surface area contributed by atoms with E-state index in [1.54, 1.807) is 41.5 Å². The maximum absolute atomic E-state index is 12.7. The SMILES string of the molecule is CC(C)(C)OC(=O)NCCCC[C@H](NC(=O)OC(C)(C)C)C(=O)NCC(=O)OCc1ccccc1. The van der Waals surface area contributed by atoms with Crippen LogP contribution in [0.5, 0.6) is 0 Å². The average Bonchev–Trinajstić information content (AvgIpc) is 2.73. The number of alkyl carbamates (subject to hydrolysis) is 2. The van der Waals surface area contributed by atoms with Gasteiger partial charge >= 0.3 is 18.2 Å². The van der Waals surface area contributed by atoms with Crippen molar-refractivity contribution in [2.45, 2.75) is 84.7 Å². The zero-order valence-corrected chi connectivity index (χ0v) is 21.6. The third-order valence-corrected chi connectivity index (χ3v) is 4.24. The molecule has 1 atom stereocenters. The molecule has 0 fully saturated rings. The van der Waals surface area contributed by atoms with Crippen LogP contribution in [0.15, 0.2) is 30.3 Å². The van der Waals surface area contributed by atoms with E-state index in [-0.39, 0.29) is 19.6 Å². The van der Waals surface area contributed by atoms with Gasteiger partial charge in [-0.1, -0.05) is 30.3 Å². The lowest BCUT2D eigenvalue weighted by Crippen LogP contribution is -2.49. The first kappa shape index (κ1) is 29.7. The van der Waals surface area contributed by atoms with Gasteiger partial charge in [-0.05, 0) is 66.4 Å². The lowest BCUT2D eigenvalue weighted by molar-refractivity contribution is -0.145. The molecule has 3 amide bonds. The first-order valence-corrected chi connectivity index (χ1v) is 11.7. The van der Waals surface area contributed by atoms with Crippen LogP contribution in [0, 0.1) is 0 Å². The summed E-state index contributed by atoms with van der Waals surface area (Å²) in [6, 6.07) is 8.25. The average molecular weight is 494 g/mol. The summed E-state index contributed by atoms with van der Waals surface area (Å²) < 4.78 is 15.6. The molecule has 1 aromatic rings. The van der Waals surface area contributed by atoms with Crippen molar-refractivity contribution in [1.82, 2.24) is 16.0 Å². The molecule has 0 unspecified atom stereocenters. The van der Waals surface area contributed by atoms with Gasteiger partial charge < -0.3 is 30.2 Å². The minimum absolute atomic E-state index is 0.0970. The Balaban J connectivity index is 2.53.